The lowest BCUT2D eigenvalue weighted by molar-refractivity contribution is -0.128. The highest BCUT2D eigenvalue weighted by Gasteiger charge is 2.16. The molecule has 0 spiro atoms. The Morgan fingerprint density at radius 2 is 2.11 bits per heavy atom. The Labute approximate surface area is 107 Å². The van der Waals surface area contributed by atoms with Crippen molar-refractivity contribution in [3.8, 4) is 0 Å². The van der Waals surface area contributed by atoms with Crippen LogP contribution in [-0.2, 0) is 16.0 Å². The summed E-state index contributed by atoms with van der Waals surface area (Å²) in [6.07, 6.45) is 2.55. The average molecular weight is 243 g/mol. The van der Waals surface area contributed by atoms with E-state index in [4.69, 9.17) is 4.74 Å². The maximum Gasteiger partial charge on any atom is 0.165 e. The van der Waals surface area contributed by atoms with Crippen molar-refractivity contribution in [1.82, 2.24) is 4.98 Å². The molecule has 2 aromatic rings. The summed E-state index contributed by atoms with van der Waals surface area (Å²) in [5, 5.41) is 1.04. The first-order chi connectivity index (χ1) is 8.76. The van der Waals surface area contributed by atoms with E-state index in [1.807, 2.05) is 37.3 Å². The van der Waals surface area contributed by atoms with Gasteiger partial charge in [-0.3, -0.25) is 9.78 Å². The molecular formula is C15H17NO2. The molecule has 94 valence electrons. The van der Waals surface area contributed by atoms with Crippen LogP contribution in [0.3, 0.4) is 0 Å². The van der Waals surface area contributed by atoms with E-state index in [1.165, 1.54) is 0 Å². The number of aromatic nitrogens is 1. The highest BCUT2D eigenvalue weighted by atomic mass is 16.5. The third kappa shape index (κ3) is 2.57. The molecule has 1 heterocycles. The smallest absolute Gasteiger partial charge is 0.165 e. The van der Waals surface area contributed by atoms with E-state index < -0.39 is 0 Å². The van der Waals surface area contributed by atoms with Crippen LogP contribution in [0, 0.1) is 0 Å². The predicted octanol–water partition coefficient (Wildman–Crippen LogP) is 2.77. The summed E-state index contributed by atoms with van der Waals surface area (Å²) in [6.45, 7) is 1.96. The maximum absolute atomic E-state index is 12.1. The summed E-state index contributed by atoms with van der Waals surface area (Å²) in [6, 6.07) is 9.77. The molecule has 1 aromatic heterocycles. The van der Waals surface area contributed by atoms with Crippen molar-refractivity contribution in [3.63, 3.8) is 0 Å². The minimum atomic E-state index is -0.308. The lowest BCUT2D eigenvalue weighted by Gasteiger charge is -2.12. The van der Waals surface area contributed by atoms with E-state index in [1.54, 1.807) is 13.3 Å². The van der Waals surface area contributed by atoms with Crippen LogP contribution in [-0.4, -0.2) is 24.0 Å². The molecule has 0 saturated heterocycles. The third-order valence-corrected chi connectivity index (χ3v) is 3.12. The molecule has 0 aliphatic carbocycles. The van der Waals surface area contributed by atoms with Crippen LogP contribution in [0.2, 0.25) is 0 Å². The van der Waals surface area contributed by atoms with Gasteiger partial charge >= 0.3 is 0 Å². The second-order valence-electron chi connectivity index (χ2n) is 4.26. The summed E-state index contributed by atoms with van der Waals surface area (Å²) in [7, 11) is 1.58. The zero-order valence-corrected chi connectivity index (χ0v) is 10.7. The van der Waals surface area contributed by atoms with E-state index in [9.17, 15) is 4.79 Å². The molecule has 1 unspecified atom stereocenters. The largest absolute Gasteiger partial charge is 0.374 e. The number of methoxy groups -OCH3 is 1. The second kappa shape index (κ2) is 5.74. The first-order valence-electron chi connectivity index (χ1n) is 6.14. The standard InChI is InChI=1S/C15H17NO2/c1-3-15(18-2)14(17)10-11-8-9-16-13-7-5-4-6-12(11)13/h4-9,15H,3,10H2,1-2H3. The molecule has 0 aliphatic rings. The van der Waals surface area contributed by atoms with Gasteiger partial charge in [-0.15, -0.1) is 0 Å². The van der Waals surface area contributed by atoms with Gasteiger partial charge in [-0.2, -0.15) is 0 Å². The maximum atomic E-state index is 12.1. The number of Topliss-reactive ketones (excluding diaryl/α,β-unsaturated/α-hetero) is 1. The van der Waals surface area contributed by atoms with Crippen molar-refractivity contribution in [2.45, 2.75) is 25.9 Å². The fourth-order valence-corrected chi connectivity index (χ4v) is 2.14. The summed E-state index contributed by atoms with van der Waals surface area (Å²) in [5.74, 6) is 0.122. The number of carbonyl (C=O) groups is 1. The minimum Gasteiger partial charge on any atom is -0.374 e. The number of pyridine rings is 1. The lowest BCUT2D eigenvalue weighted by atomic mass is 10.0. The van der Waals surface area contributed by atoms with Crippen molar-refractivity contribution < 1.29 is 9.53 Å². The van der Waals surface area contributed by atoms with Crippen molar-refractivity contribution in [3.05, 3.63) is 42.1 Å². The lowest BCUT2D eigenvalue weighted by Crippen LogP contribution is -2.23. The second-order valence-corrected chi connectivity index (χ2v) is 4.26. The van der Waals surface area contributed by atoms with Gasteiger partial charge in [-0.25, -0.2) is 0 Å². The molecule has 0 fully saturated rings. The van der Waals surface area contributed by atoms with E-state index in [0.29, 0.717) is 12.8 Å². The number of carbonyl (C=O) groups excluding carboxylic acids is 1. The molecule has 0 saturated carbocycles. The van der Waals surface area contributed by atoms with E-state index >= 15 is 0 Å². The first-order valence-corrected chi connectivity index (χ1v) is 6.14. The molecular weight excluding hydrogens is 226 g/mol. The van der Waals surface area contributed by atoms with Gasteiger partial charge in [0.25, 0.3) is 0 Å². The van der Waals surface area contributed by atoms with Crippen molar-refractivity contribution in [1.29, 1.82) is 0 Å². The van der Waals surface area contributed by atoms with Crippen LogP contribution in [0.25, 0.3) is 10.9 Å². The molecule has 0 radical (unpaired) electrons. The summed E-state index contributed by atoms with van der Waals surface area (Å²) in [4.78, 5) is 16.4. The monoisotopic (exact) mass is 243 g/mol. The van der Waals surface area contributed by atoms with Crippen LogP contribution >= 0.6 is 0 Å². The van der Waals surface area contributed by atoms with Gasteiger partial charge in [0.2, 0.25) is 0 Å². The van der Waals surface area contributed by atoms with E-state index in [-0.39, 0.29) is 11.9 Å². The third-order valence-electron chi connectivity index (χ3n) is 3.12. The Balaban J connectivity index is 2.29. The first kappa shape index (κ1) is 12.7. The molecule has 1 aromatic carbocycles. The number of fused-ring (bicyclic) bond motifs is 1. The molecule has 1 atom stereocenters. The van der Waals surface area contributed by atoms with Gasteiger partial charge in [-0.1, -0.05) is 25.1 Å². The number of benzene rings is 1. The number of hydrogen-bond acceptors (Lipinski definition) is 3. The molecule has 2 rings (SSSR count). The van der Waals surface area contributed by atoms with E-state index in [0.717, 1.165) is 16.5 Å². The number of ether oxygens (including phenoxy) is 1. The van der Waals surface area contributed by atoms with Crippen molar-refractivity contribution >= 4 is 16.7 Å². The van der Waals surface area contributed by atoms with Crippen molar-refractivity contribution in [2.75, 3.05) is 7.11 Å². The number of ketones is 1. The predicted molar refractivity (Wildman–Crippen MR) is 71.5 cm³/mol. The molecule has 3 nitrogen and oxygen atoms in total. The molecule has 0 amide bonds. The van der Waals surface area contributed by atoms with Crippen LogP contribution < -0.4 is 0 Å². The van der Waals surface area contributed by atoms with Gasteiger partial charge < -0.3 is 4.74 Å². The number of nitrogens with zero attached hydrogens (tertiary/aromatic N) is 1. The van der Waals surface area contributed by atoms with Gasteiger partial charge in [0.05, 0.1) is 5.52 Å². The topological polar surface area (TPSA) is 39.2 Å². The Hall–Kier alpha value is -1.74. The zero-order chi connectivity index (χ0) is 13.0. The highest BCUT2D eigenvalue weighted by Crippen LogP contribution is 2.17. The zero-order valence-electron chi connectivity index (χ0n) is 10.7. The Morgan fingerprint density at radius 3 is 2.83 bits per heavy atom. The van der Waals surface area contributed by atoms with Crippen LogP contribution in [0.5, 0.6) is 0 Å². The molecule has 3 heteroatoms. The van der Waals surface area contributed by atoms with Crippen molar-refractivity contribution in [2.24, 2.45) is 0 Å². The van der Waals surface area contributed by atoms with Gasteiger partial charge in [0, 0.05) is 25.1 Å². The molecule has 0 N–H and O–H groups in total. The van der Waals surface area contributed by atoms with Gasteiger partial charge in [0.1, 0.15) is 6.10 Å². The fourth-order valence-electron chi connectivity index (χ4n) is 2.14. The van der Waals surface area contributed by atoms with Gasteiger partial charge in [0.15, 0.2) is 5.78 Å². The van der Waals surface area contributed by atoms with E-state index in [2.05, 4.69) is 4.98 Å². The Morgan fingerprint density at radius 1 is 1.33 bits per heavy atom. The number of para-hydroxylation sites is 1. The molecule has 0 aliphatic heterocycles. The summed E-state index contributed by atoms with van der Waals surface area (Å²) in [5.41, 5.74) is 1.94. The quantitative estimate of drug-likeness (QED) is 0.810. The number of hydrogen-bond donors (Lipinski definition) is 0. The molecule has 18 heavy (non-hydrogen) atoms. The minimum absolute atomic E-state index is 0.122. The Bertz CT molecular complexity index is 542. The van der Waals surface area contributed by atoms with Crippen LogP contribution in [0.15, 0.2) is 36.5 Å². The van der Waals surface area contributed by atoms with Gasteiger partial charge in [-0.05, 0) is 24.1 Å². The summed E-state index contributed by atoms with van der Waals surface area (Å²) < 4.78 is 5.18. The fraction of sp³-hybridized carbons (Fsp3) is 0.333. The summed E-state index contributed by atoms with van der Waals surface area (Å²) >= 11 is 0. The molecule has 0 bridgehead atoms. The SMILES string of the molecule is CCC(OC)C(=O)Cc1ccnc2ccccc12. The Kier molecular flexibility index (Phi) is 4.05. The van der Waals surface area contributed by atoms with Crippen LogP contribution in [0.4, 0.5) is 0 Å². The number of rotatable bonds is 5. The average Bonchev–Trinajstić information content (AvgIpc) is 2.40. The van der Waals surface area contributed by atoms with Crippen LogP contribution in [0.1, 0.15) is 18.9 Å². The highest BCUT2D eigenvalue weighted by molar-refractivity contribution is 5.90. The normalized spacial score (nSPS) is 12.6.